The van der Waals surface area contributed by atoms with E-state index >= 15 is 0 Å². The molecule has 0 radical (unpaired) electrons. The zero-order valence-corrected chi connectivity index (χ0v) is 12.1. The third-order valence-corrected chi connectivity index (χ3v) is 3.68. The summed E-state index contributed by atoms with van der Waals surface area (Å²) in [5.41, 5.74) is -0.774. The number of aromatic nitrogens is 5. The summed E-state index contributed by atoms with van der Waals surface area (Å²) in [5, 5.41) is 22.3. The van der Waals surface area contributed by atoms with Crippen molar-refractivity contribution in [1.29, 1.82) is 0 Å². The molecule has 3 rings (SSSR count). The first-order valence-corrected chi connectivity index (χ1v) is 7.27. The molecule has 0 amide bonds. The Morgan fingerprint density at radius 2 is 2.38 bits per heavy atom. The molecule has 114 valence electrons. The van der Waals surface area contributed by atoms with Crippen LogP contribution < -0.4 is 0 Å². The molecule has 0 aromatic carbocycles. The van der Waals surface area contributed by atoms with Crippen molar-refractivity contribution in [1.82, 2.24) is 30.0 Å². The molecule has 3 heterocycles. The largest absolute Gasteiger partial charge is 0.387 e. The SMILES string of the molecule is CCCc1nc(CN2CCC(O)(Cn3ccnn3)C2)no1. The van der Waals surface area contributed by atoms with Gasteiger partial charge in [-0.3, -0.25) is 4.90 Å². The average molecular weight is 292 g/mol. The first-order valence-electron chi connectivity index (χ1n) is 7.27. The van der Waals surface area contributed by atoms with E-state index in [2.05, 4.69) is 32.3 Å². The molecule has 0 bridgehead atoms. The fraction of sp³-hybridized carbons (Fsp3) is 0.692. The number of likely N-dealkylation sites (tertiary alicyclic amines) is 1. The second-order valence-corrected chi connectivity index (χ2v) is 5.64. The van der Waals surface area contributed by atoms with Crippen LogP contribution in [0.25, 0.3) is 0 Å². The summed E-state index contributed by atoms with van der Waals surface area (Å²) in [6.07, 6.45) is 5.88. The number of aliphatic hydroxyl groups is 1. The van der Waals surface area contributed by atoms with Crippen LogP contribution in [0.5, 0.6) is 0 Å². The van der Waals surface area contributed by atoms with Gasteiger partial charge in [0.2, 0.25) is 5.89 Å². The molecule has 1 atom stereocenters. The Balaban J connectivity index is 1.56. The van der Waals surface area contributed by atoms with Gasteiger partial charge in [0.25, 0.3) is 0 Å². The first kappa shape index (κ1) is 14.2. The van der Waals surface area contributed by atoms with Gasteiger partial charge in [-0.2, -0.15) is 4.98 Å². The molecule has 8 heteroatoms. The third kappa shape index (κ3) is 3.45. The number of rotatable bonds is 6. The molecule has 0 spiro atoms. The summed E-state index contributed by atoms with van der Waals surface area (Å²) < 4.78 is 6.84. The van der Waals surface area contributed by atoms with Gasteiger partial charge < -0.3 is 9.63 Å². The smallest absolute Gasteiger partial charge is 0.226 e. The van der Waals surface area contributed by atoms with Gasteiger partial charge >= 0.3 is 0 Å². The Morgan fingerprint density at radius 1 is 1.48 bits per heavy atom. The number of hydrogen-bond acceptors (Lipinski definition) is 7. The molecule has 1 N–H and O–H groups in total. The van der Waals surface area contributed by atoms with E-state index in [1.165, 1.54) is 0 Å². The van der Waals surface area contributed by atoms with Crippen LogP contribution in [0, 0.1) is 0 Å². The number of nitrogens with zero attached hydrogens (tertiary/aromatic N) is 6. The van der Waals surface area contributed by atoms with Crippen molar-refractivity contribution in [3.8, 4) is 0 Å². The van der Waals surface area contributed by atoms with Crippen LogP contribution >= 0.6 is 0 Å². The molecule has 8 nitrogen and oxygen atoms in total. The number of β-amino-alcohol motifs (C(OH)–C–C–N with tert-alkyl or cyclic N) is 1. The molecule has 1 fully saturated rings. The summed E-state index contributed by atoms with van der Waals surface area (Å²) in [5.74, 6) is 1.37. The Kier molecular flexibility index (Phi) is 3.98. The Labute approximate surface area is 122 Å². The lowest BCUT2D eigenvalue weighted by atomic mass is 10.0. The molecule has 1 aliphatic heterocycles. The molecule has 21 heavy (non-hydrogen) atoms. The molecule has 0 saturated carbocycles. The van der Waals surface area contributed by atoms with Gasteiger partial charge in [-0.05, 0) is 12.8 Å². The van der Waals surface area contributed by atoms with E-state index < -0.39 is 5.60 Å². The van der Waals surface area contributed by atoms with Crippen molar-refractivity contribution in [2.75, 3.05) is 13.1 Å². The van der Waals surface area contributed by atoms with Crippen LogP contribution in [-0.4, -0.2) is 53.8 Å². The quantitative estimate of drug-likeness (QED) is 0.815. The van der Waals surface area contributed by atoms with Crippen LogP contribution in [0.2, 0.25) is 0 Å². The summed E-state index contributed by atoms with van der Waals surface area (Å²) in [6.45, 7) is 4.52. The van der Waals surface area contributed by atoms with Crippen LogP contribution in [-0.2, 0) is 19.5 Å². The maximum absolute atomic E-state index is 10.6. The van der Waals surface area contributed by atoms with Crippen molar-refractivity contribution in [3.63, 3.8) is 0 Å². The van der Waals surface area contributed by atoms with Gasteiger partial charge in [-0.15, -0.1) is 5.10 Å². The van der Waals surface area contributed by atoms with E-state index in [0.717, 1.165) is 19.4 Å². The van der Waals surface area contributed by atoms with Gasteiger partial charge in [-0.1, -0.05) is 17.3 Å². The number of aryl methyl sites for hydroxylation is 1. The lowest BCUT2D eigenvalue weighted by molar-refractivity contribution is 0.0271. The minimum Gasteiger partial charge on any atom is -0.387 e. The maximum atomic E-state index is 10.6. The van der Waals surface area contributed by atoms with Gasteiger partial charge in [0, 0.05) is 25.7 Å². The highest BCUT2D eigenvalue weighted by molar-refractivity contribution is 4.94. The molecular formula is C13H20N6O2. The van der Waals surface area contributed by atoms with Gasteiger partial charge in [0.05, 0.1) is 24.9 Å². The highest BCUT2D eigenvalue weighted by Gasteiger charge is 2.37. The van der Waals surface area contributed by atoms with Crippen LogP contribution in [0.3, 0.4) is 0 Å². The van der Waals surface area contributed by atoms with Gasteiger partial charge in [0.15, 0.2) is 5.82 Å². The van der Waals surface area contributed by atoms with Gasteiger partial charge in [0.1, 0.15) is 0 Å². The highest BCUT2D eigenvalue weighted by atomic mass is 16.5. The van der Waals surface area contributed by atoms with Crippen molar-refractivity contribution in [2.24, 2.45) is 0 Å². The molecule has 2 aromatic heterocycles. The highest BCUT2D eigenvalue weighted by Crippen LogP contribution is 2.24. The minimum atomic E-state index is -0.774. The second kappa shape index (κ2) is 5.90. The van der Waals surface area contributed by atoms with Crippen molar-refractivity contribution in [2.45, 2.75) is 44.9 Å². The van der Waals surface area contributed by atoms with Crippen molar-refractivity contribution >= 4 is 0 Å². The van der Waals surface area contributed by atoms with Crippen molar-refractivity contribution < 1.29 is 9.63 Å². The standard InChI is InChI=1S/C13H20N6O2/c1-2-3-12-15-11(16-21-12)8-18-6-4-13(20,9-18)10-19-7-5-14-17-19/h5,7,20H,2-4,6,8-10H2,1H3. The predicted molar refractivity (Wildman–Crippen MR) is 73.2 cm³/mol. The van der Waals surface area contributed by atoms with E-state index in [4.69, 9.17) is 4.52 Å². The Morgan fingerprint density at radius 3 is 3.14 bits per heavy atom. The fourth-order valence-corrected chi connectivity index (χ4v) is 2.69. The average Bonchev–Trinajstić information content (AvgIpc) is 3.15. The van der Waals surface area contributed by atoms with E-state index in [9.17, 15) is 5.11 Å². The molecule has 1 aliphatic rings. The van der Waals surface area contributed by atoms with Crippen LogP contribution in [0.1, 0.15) is 31.5 Å². The van der Waals surface area contributed by atoms with E-state index in [-0.39, 0.29) is 0 Å². The summed E-state index contributed by atoms with van der Waals surface area (Å²) in [6, 6.07) is 0. The summed E-state index contributed by atoms with van der Waals surface area (Å²) >= 11 is 0. The zero-order chi connectivity index (χ0) is 14.7. The monoisotopic (exact) mass is 292 g/mol. The molecule has 1 saturated heterocycles. The first-order chi connectivity index (χ1) is 10.2. The minimum absolute atomic E-state index is 0.455. The summed E-state index contributed by atoms with van der Waals surface area (Å²) in [7, 11) is 0. The molecule has 2 aromatic rings. The van der Waals surface area contributed by atoms with Crippen LogP contribution in [0.4, 0.5) is 0 Å². The molecule has 1 unspecified atom stereocenters. The zero-order valence-electron chi connectivity index (χ0n) is 12.1. The second-order valence-electron chi connectivity index (χ2n) is 5.64. The Bertz CT molecular complexity index is 569. The van der Waals surface area contributed by atoms with Crippen molar-refractivity contribution in [3.05, 3.63) is 24.1 Å². The van der Waals surface area contributed by atoms with E-state index in [1.54, 1.807) is 17.1 Å². The van der Waals surface area contributed by atoms with E-state index in [0.29, 0.717) is 37.8 Å². The van der Waals surface area contributed by atoms with Gasteiger partial charge in [-0.25, -0.2) is 4.68 Å². The van der Waals surface area contributed by atoms with E-state index in [1.807, 2.05) is 0 Å². The fourth-order valence-electron chi connectivity index (χ4n) is 2.69. The molecular weight excluding hydrogens is 272 g/mol. The lowest BCUT2D eigenvalue weighted by Crippen LogP contribution is -2.37. The molecule has 0 aliphatic carbocycles. The Hall–Kier alpha value is -1.80. The lowest BCUT2D eigenvalue weighted by Gasteiger charge is -2.22. The number of hydrogen-bond donors (Lipinski definition) is 1. The third-order valence-electron chi connectivity index (χ3n) is 3.68. The topological polar surface area (TPSA) is 93.1 Å². The maximum Gasteiger partial charge on any atom is 0.226 e. The summed E-state index contributed by atoms with van der Waals surface area (Å²) in [4.78, 5) is 6.49. The normalized spacial score (nSPS) is 23.0. The van der Waals surface area contributed by atoms with Crippen LogP contribution in [0.15, 0.2) is 16.9 Å². The predicted octanol–water partition coefficient (Wildman–Crippen LogP) is 0.251.